The number of carbonyl (C=O) groups excluding carboxylic acids is 2. The van der Waals surface area contributed by atoms with E-state index in [9.17, 15) is 18.0 Å². The predicted octanol–water partition coefficient (Wildman–Crippen LogP) is 1.22. The van der Waals surface area contributed by atoms with Crippen molar-refractivity contribution in [2.75, 3.05) is 25.3 Å². The van der Waals surface area contributed by atoms with Crippen LogP contribution in [0.3, 0.4) is 0 Å². The molecule has 0 spiro atoms. The monoisotopic (exact) mass is 378 g/mol. The number of rotatable bonds is 7. The Bertz CT molecular complexity index is 940. The number of benzene rings is 2. The van der Waals surface area contributed by atoms with E-state index in [1.165, 1.54) is 43.5 Å². The van der Waals surface area contributed by atoms with Crippen LogP contribution in [0, 0.1) is 0 Å². The summed E-state index contributed by atoms with van der Waals surface area (Å²) in [5.74, 6) is -0.583. The van der Waals surface area contributed by atoms with Crippen LogP contribution in [-0.4, -0.2) is 40.2 Å². The molecule has 0 aliphatic rings. The molecule has 2 rings (SSSR count). The number of primary amides is 1. The van der Waals surface area contributed by atoms with Gasteiger partial charge in [-0.3, -0.25) is 9.59 Å². The summed E-state index contributed by atoms with van der Waals surface area (Å²) in [6.07, 6.45) is 1.09. The quantitative estimate of drug-likeness (QED) is 0.746. The van der Waals surface area contributed by atoms with E-state index >= 15 is 0 Å². The van der Waals surface area contributed by atoms with Crippen LogP contribution >= 0.6 is 0 Å². The maximum absolute atomic E-state index is 12.4. The third kappa shape index (κ3) is 4.96. The maximum atomic E-state index is 12.4. The molecule has 8 nitrogen and oxygen atoms in total. The van der Waals surface area contributed by atoms with Crippen LogP contribution in [0.5, 0.6) is 11.5 Å². The first-order valence-electron chi connectivity index (χ1n) is 7.41. The van der Waals surface area contributed by atoms with Gasteiger partial charge in [0.25, 0.3) is 11.8 Å². The van der Waals surface area contributed by atoms with Gasteiger partial charge in [0, 0.05) is 17.5 Å². The molecule has 0 saturated heterocycles. The number of nitrogens with two attached hydrogens (primary N) is 1. The van der Waals surface area contributed by atoms with Crippen molar-refractivity contribution in [2.45, 2.75) is 4.90 Å². The number of methoxy groups -OCH3 is 1. The molecule has 2 aromatic rings. The van der Waals surface area contributed by atoms with Gasteiger partial charge >= 0.3 is 0 Å². The topological polar surface area (TPSA) is 125 Å². The summed E-state index contributed by atoms with van der Waals surface area (Å²) in [7, 11) is -1.99. The molecule has 138 valence electrons. The first-order chi connectivity index (χ1) is 12.2. The smallest absolute Gasteiger partial charge is 0.255 e. The Balaban J connectivity index is 2.21. The Morgan fingerprint density at radius 2 is 1.85 bits per heavy atom. The zero-order valence-electron chi connectivity index (χ0n) is 14.2. The van der Waals surface area contributed by atoms with E-state index in [1.54, 1.807) is 6.07 Å². The summed E-state index contributed by atoms with van der Waals surface area (Å²) < 4.78 is 33.5. The average molecular weight is 378 g/mol. The van der Waals surface area contributed by atoms with Gasteiger partial charge in [-0.15, -0.1) is 0 Å². The van der Waals surface area contributed by atoms with Gasteiger partial charge < -0.3 is 20.5 Å². The lowest BCUT2D eigenvalue weighted by molar-refractivity contribution is -0.119. The van der Waals surface area contributed by atoms with Gasteiger partial charge in [-0.25, -0.2) is 8.42 Å². The second-order valence-corrected chi connectivity index (χ2v) is 7.39. The van der Waals surface area contributed by atoms with Gasteiger partial charge in [0.15, 0.2) is 27.9 Å². The van der Waals surface area contributed by atoms with Gasteiger partial charge in [0.1, 0.15) is 0 Å². The Morgan fingerprint density at radius 1 is 1.12 bits per heavy atom. The van der Waals surface area contributed by atoms with Crippen LogP contribution in [0.4, 0.5) is 5.69 Å². The zero-order valence-corrected chi connectivity index (χ0v) is 15.0. The first kappa shape index (κ1) is 19.3. The minimum Gasteiger partial charge on any atom is -0.493 e. The molecule has 0 saturated carbocycles. The van der Waals surface area contributed by atoms with Gasteiger partial charge in [-0.1, -0.05) is 6.07 Å². The van der Waals surface area contributed by atoms with Crippen LogP contribution in [-0.2, 0) is 14.6 Å². The Morgan fingerprint density at radius 3 is 2.46 bits per heavy atom. The lowest BCUT2D eigenvalue weighted by atomic mass is 10.2. The van der Waals surface area contributed by atoms with E-state index < -0.39 is 21.7 Å². The first-order valence-corrected chi connectivity index (χ1v) is 9.30. The number of amides is 2. The van der Waals surface area contributed by atoms with Crippen molar-refractivity contribution in [3.05, 3.63) is 48.0 Å². The van der Waals surface area contributed by atoms with Crippen molar-refractivity contribution < 1.29 is 27.5 Å². The van der Waals surface area contributed by atoms with E-state index in [1.807, 2.05) is 0 Å². The number of ether oxygens (including phenoxy) is 2. The molecule has 0 aromatic heterocycles. The summed E-state index contributed by atoms with van der Waals surface area (Å²) in [6.45, 7) is -0.319. The van der Waals surface area contributed by atoms with E-state index in [4.69, 9.17) is 15.2 Å². The van der Waals surface area contributed by atoms with Gasteiger partial charge in [0.05, 0.1) is 12.0 Å². The standard InChI is InChI=1S/C17H18N2O6S/c1-24-15-8-11(6-7-14(15)25-10-16(18)20)17(21)19-12-4-3-5-13(9-12)26(2,22)23/h3-9H,10H2,1-2H3,(H2,18,20)(H,19,21). The van der Waals surface area contributed by atoms with Gasteiger partial charge in [-0.05, 0) is 36.4 Å². The molecule has 0 radical (unpaired) electrons. The average Bonchev–Trinajstić information content (AvgIpc) is 2.59. The molecule has 3 N–H and O–H groups in total. The second kappa shape index (κ2) is 7.87. The maximum Gasteiger partial charge on any atom is 0.255 e. The number of sulfone groups is 1. The Labute approximate surface area is 150 Å². The molecule has 9 heteroatoms. The van der Waals surface area contributed by atoms with Crippen molar-refractivity contribution in [1.82, 2.24) is 0 Å². The fraction of sp³-hybridized carbons (Fsp3) is 0.176. The van der Waals surface area contributed by atoms with Crippen molar-refractivity contribution in [1.29, 1.82) is 0 Å². The van der Waals surface area contributed by atoms with Crippen molar-refractivity contribution in [2.24, 2.45) is 5.73 Å². The third-order valence-electron chi connectivity index (χ3n) is 3.32. The largest absolute Gasteiger partial charge is 0.493 e. The van der Waals surface area contributed by atoms with Crippen LogP contribution in [0.15, 0.2) is 47.4 Å². The number of hydrogen-bond acceptors (Lipinski definition) is 6. The minimum atomic E-state index is -3.38. The fourth-order valence-electron chi connectivity index (χ4n) is 2.08. The summed E-state index contributed by atoms with van der Waals surface area (Å²) in [6, 6.07) is 10.3. The molecule has 0 bridgehead atoms. The highest BCUT2D eigenvalue weighted by Gasteiger charge is 2.13. The molecular weight excluding hydrogens is 360 g/mol. The van der Waals surface area contributed by atoms with E-state index in [0.29, 0.717) is 5.69 Å². The van der Waals surface area contributed by atoms with Crippen molar-refractivity contribution in [3.8, 4) is 11.5 Å². The van der Waals surface area contributed by atoms with E-state index in [2.05, 4.69) is 5.32 Å². The van der Waals surface area contributed by atoms with Gasteiger partial charge in [-0.2, -0.15) is 0 Å². The van der Waals surface area contributed by atoms with Crippen LogP contribution in [0.1, 0.15) is 10.4 Å². The number of nitrogens with one attached hydrogen (secondary N) is 1. The highest BCUT2D eigenvalue weighted by Crippen LogP contribution is 2.28. The molecule has 0 aliphatic heterocycles. The predicted molar refractivity (Wildman–Crippen MR) is 95.2 cm³/mol. The lowest BCUT2D eigenvalue weighted by Crippen LogP contribution is -2.20. The zero-order chi connectivity index (χ0) is 19.3. The summed E-state index contributed by atoms with van der Waals surface area (Å²) in [5, 5.41) is 2.62. The number of carbonyl (C=O) groups is 2. The molecule has 0 heterocycles. The van der Waals surface area contributed by atoms with Crippen LogP contribution in [0.2, 0.25) is 0 Å². The fourth-order valence-corrected chi connectivity index (χ4v) is 2.75. The highest BCUT2D eigenvalue weighted by atomic mass is 32.2. The molecule has 2 amide bonds. The third-order valence-corrected chi connectivity index (χ3v) is 4.43. The molecule has 0 unspecified atom stereocenters. The summed E-state index contributed by atoms with van der Waals surface area (Å²) in [5.41, 5.74) is 5.63. The molecule has 0 fully saturated rings. The van der Waals surface area contributed by atoms with E-state index in [-0.39, 0.29) is 28.6 Å². The van der Waals surface area contributed by atoms with Gasteiger partial charge in [0.2, 0.25) is 0 Å². The molecule has 0 aliphatic carbocycles. The SMILES string of the molecule is COc1cc(C(=O)Nc2cccc(S(C)(=O)=O)c2)ccc1OCC(N)=O. The van der Waals surface area contributed by atoms with Crippen LogP contribution < -0.4 is 20.5 Å². The Hall–Kier alpha value is -3.07. The van der Waals surface area contributed by atoms with Crippen LogP contribution in [0.25, 0.3) is 0 Å². The summed E-state index contributed by atoms with van der Waals surface area (Å²) in [4.78, 5) is 23.3. The second-order valence-electron chi connectivity index (χ2n) is 5.37. The number of hydrogen-bond donors (Lipinski definition) is 2. The van der Waals surface area contributed by atoms with E-state index in [0.717, 1.165) is 6.26 Å². The summed E-state index contributed by atoms with van der Waals surface area (Å²) >= 11 is 0. The normalized spacial score (nSPS) is 10.8. The molecule has 2 aromatic carbocycles. The molecule has 26 heavy (non-hydrogen) atoms. The number of anilines is 1. The molecular formula is C17H18N2O6S. The van der Waals surface area contributed by atoms with Crippen molar-refractivity contribution in [3.63, 3.8) is 0 Å². The molecule has 0 atom stereocenters. The lowest BCUT2D eigenvalue weighted by Gasteiger charge is -2.12. The Kier molecular flexibility index (Phi) is 5.83. The minimum absolute atomic E-state index is 0.100. The highest BCUT2D eigenvalue weighted by molar-refractivity contribution is 7.90. The van der Waals surface area contributed by atoms with Crippen molar-refractivity contribution >= 4 is 27.3 Å².